The zero-order valence-corrected chi connectivity index (χ0v) is 16.7. The van der Waals surface area contributed by atoms with E-state index in [4.69, 9.17) is 9.47 Å². The van der Waals surface area contributed by atoms with Gasteiger partial charge in [-0.05, 0) is 29.6 Å². The van der Waals surface area contributed by atoms with Gasteiger partial charge in [0.1, 0.15) is 6.61 Å². The van der Waals surface area contributed by atoms with Gasteiger partial charge in [-0.15, -0.1) is 0 Å². The molecule has 0 unspecified atom stereocenters. The number of benzene rings is 1. The molecule has 1 aromatic rings. The van der Waals surface area contributed by atoms with Crippen LogP contribution in [0.3, 0.4) is 0 Å². The maximum atomic E-state index is 11.7. The normalized spacial score (nSPS) is 23.5. The van der Waals surface area contributed by atoms with Gasteiger partial charge in [-0.3, -0.25) is 4.90 Å². The summed E-state index contributed by atoms with van der Waals surface area (Å²) in [5.74, 6) is 2.26. The lowest BCUT2D eigenvalue weighted by molar-refractivity contribution is 0.284. The van der Waals surface area contributed by atoms with Crippen LogP contribution in [-0.2, 0) is 10.0 Å². The first-order chi connectivity index (χ1) is 12.3. The van der Waals surface area contributed by atoms with Crippen LogP contribution in [0.2, 0.25) is 0 Å². The second-order valence-electron chi connectivity index (χ2n) is 7.57. The molecule has 2 aliphatic rings. The molecule has 6 nitrogen and oxygen atoms in total. The van der Waals surface area contributed by atoms with Crippen LogP contribution >= 0.6 is 0 Å². The monoisotopic (exact) mass is 380 g/mol. The Morgan fingerprint density at radius 2 is 2.12 bits per heavy atom. The Hall–Kier alpha value is -1.57. The van der Waals surface area contributed by atoms with Crippen LogP contribution < -0.4 is 14.2 Å². The summed E-state index contributed by atoms with van der Waals surface area (Å²) in [5.41, 5.74) is 2.21. The number of rotatable bonds is 6. The Bertz CT molecular complexity index is 789. The van der Waals surface area contributed by atoms with Crippen LogP contribution in [0.15, 0.2) is 23.8 Å². The Kier molecular flexibility index (Phi) is 5.60. The fourth-order valence-corrected chi connectivity index (χ4v) is 4.68. The van der Waals surface area contributed by atoms with E-state index in [9.17, 15) is 8.42 Å². The Morgan fingerprint density at radius 3 is 2.77 bits per heavy atom. The van der Waals surface area contributed by atoms with Crippen molar-refractivity contribution in [2.75, 3.05) is 39.6 Å². The maximum Gasteiger partial charge on any atom is 0.209 e. The summed E-state index contributed by atoms with van der Waals surface area (Å²) in [6, 6.07) is 5.83. The lowest BCUT2D eigenvalue weighted by Gasteiger charge is -2.23. The van der Waals surface area contributed by atoms with E-state index in [1.165, 1.54) is 11.8 Å². The first-order valence-electron chi connectivity index (χ1n) is 8.95. The molecule has 0 spiro atoms. The molecule has 2 aliphatic heterocycles. The number of nitrogens with one attached hydrogen (secondary N) is 1. The van der Waals surface area contributed by atoms with Gasteiger partial charge >= 0.3 is 0 Å². The summed E-state index contributed by atoms with van der Waals surface area (Å²) >= 11 is 0. The van der Waals surface area contributed by atoms with Crippen molar-refractivity contribution in [2.24, 2.45) is 11.8 Å². The van der Waals surface area contributed by atoms with E-state index in [2.05, 4.69) is 29.5 Å². The Balaban J connectivity index is 1.72. The second-order valence-corrected chi connectivity index (χ2v) is 9.35. The summed E-state index contributed by atoms with van der Waals surface area (Å²) in [6.07, 6.45) is 3.39. The van der Waals surface area contributed by atoms with E-state index in [1.807, 2.05) is 18.2 Å². The number of nitrogens with zero attached hydrogens (tertiary/aromatic N) is 1. The van der Waals surface area contributed by atoms with Gasteiger partial charge in [-0.2, -0.15) is 0 Å². The van der Waals surface area contributed by atoms with Crippen LogP contribution in [0.1, 0.15) is 19.4 Å². The van der Waals surface area contributed by atoms with Crippen molar-refractivity contribution in [1.29, 1.82) is 0 Å². The van der Waals surface area contributed by atoms with E-state index in [-0.39, 0.29) is 6.04 Å². The van der Waals surface area contributed by atoms with Crippen LogP contribution in [0, 0.1) is 11.8 Å². The van der Waals surface area contributed by atoms with E-state index in [1.54, 1.807) is 7.11 Å². The lowest BCUT2D eigenvalue weighted by Crippen LogP contribution is -2.41. The van der Waals surface area contributed by atoms with E-state index in [0.717, 1.165) is 36.7 Å². The molecule has 2 heterocycles. The Morgan fingerprint density at radius 1 is 1.35 bits per heavy atom. The molecule has 1 aromatic carbocycles. The van der Waals surface area contributed by atoms with Crippen molar-refractivity contribution >= 4 is 16.1 Å². The molecule has 1 N–H and O–H groups in total. The molecule has 0 amide bonds. The zero-order valence-electron chi connectivity index (χ0n) is 15.9. The number of sulfonamides is 1. The molecular weight excluding hydrogens is 352 g/mol. The Labute approximate surface area is 156 Å². The summed E-state index contributed by atoms with van der Waals surface area (Å²) in [5, 5.41) is 0. The first kappa shape index (κ1) is 19.2. The molecule has 0 radical (unpaired) electrons. The standard InChI is InChI=1S/C19H28N2O4S/c1-13(2)16-10-21(11-17(16)20-26(4,22)23)9-14-8-15-6-5-7-18(24-3)19(15)25-12-14/h5-8,13,16-17,20H,9-12H2,1-4H3/t16-,17+/m0/s1. The van der Waals surface area contributed by atoms with Crippen LogP contribution in [0.25, 0.3) is 6.08 Å². The zero-order chi connectivity index (χ0) is 18.9. The average Bonchev–Trinajstić information content (AvgIpc) is 2.94. The van der Waals surface area contributed by atoms with Gasteiger partial charge in [-0.25, -0.2) is 13.1 Å². The molecule has 144 valence electrons. The third-order valence-corrected chi connectivity index (χ3v) is 5.81. The highest BCUT2D eigenvalue weighted by Crippen LogP contribution is 2.36. The predicted molar refractivity (Wildman–Crippen MR) is 103 cm³/mol. The minimum Gasteiger partial charge on any atom is -0.493 e. The van der Waals surface area contributed by atoms with E-state index in [0.29, 0.717) is 18.4 Å². The van der Waals surface area contributed by atoms with Crippen molar-refractivity contribution in [3.8, 4) is 11.5 Å². The maximum absolute atomic E-state index is 11.7. The number of hydrogen-bond acceptors (Lipinski definition) is 5. The number of likely N-dealkylation sites (tertiary alicyclic amines) is 1. The fraction of sp³-hybridized carbons (Fsp3) is 0.579. The molecule has 7 heteroatoms. The topological polar surface area (TPSA) is 67.9 Å². The van der Waals surface area contributed by atoms with Crippen molar-refractivity contribution in [3.63, 3.8) is 0 Å². The molecule has 2 atom stereocenters. The third-order valence-electron chi connectivity index (χ3n) is 5.08. The van der Waals surface area contributed by atoms with Gasteiger partial charge in [-0.1, -0.05) is 26.0 Å². The number of fused-ring (bicyclic) bond motifs is 1. The largest absolute Gasteiger partial charge is 0.493 e. The van der Waals surface area contributed by atoms with Gasteiger partial charge in [0.2, 0.25) is 10.0 Å². The fourth-order valence-electron chi connectivity index (χ4n) is 3.88. The summed E-state index contributed by atoms with van der Waals surface area (Å²) < 4.78 is 37.4. The first-order valence-corrected chi connectivity index (χ1v) is 10.8. The number of ether oxygens (including phenoxy) is 2. The summed E-state index contributed by atoms with van der Waals surface area (Å²) in [6.45, 7) is 7.21. The van der Waals surface area contributed by atoms with Gasteiger partial charge < -0.3 is 9.47 Å². The molecule has 0 saturated carbocycles. The molecule has 1 saturated heterocycles. The van der Waals surface area contributed by atoms with Gasteiger partial charge in [0.25, 0.3) is 0 Å². The molecule has 3 rings (SSSR count). The van der Waals surface area contributed by atoms with Crippen LogP contribution in [0.5, 0.6) is 11.5 Å². The smallest absolute Gasteiger partial charge is 0.209 e. The van der Waals surface area contributed by atoms with Gasteiger partial charge in [0.15, 0.2) is 11.5 Å². The highest BCUT2D eigenvalue weighted by atomic mass is 32.2. The minimum absolute atomic E-state index is 0.0394. The third kappa shape index (κ3) is 4.39. The molecule has 1 fully saturated rings. The highest BCUT2D eigenvalue weighted by molar-refractivity contribution is 7.88. The van der Waals surface area contributed by atoms with Crippen molar-refractivity contribution < 1.29 is 17.9 Å². The molecule has 0 bridgehead atoms. The molecule has 26 heavy (non-hydrogen) atoms. The average molecular weight is 381 g/mol. The van der Waals surface area contributed by atoms with E-state index < -0.39 is 10.0 Å². The molecule has 0 aliphatic carbocycles. The quantitative estimate of drug-likeness (QED) is 0.817. The highest BCUT2D eigenvalue weighted by Gasteiger charge is 2.36. The van der Waals surface area contributed by atoms with Crippen molar-refractivity contribution in [1.82, 2.24) is 9.62 Å². The van der Waals surface area contributed by atoms with Crippen LogP contribution in [-0.4, -0.2) is 59.0 Å². The predicted octanol–water partition coefficient (Wildman–Crippen LogP) is 1.98. The molecular formula is C19H28N2O4S. The SMILES string of the molecule is COc1cccc2c1OCC(CN1C[C@@H](NS(C)(=O)=O)[C@H](C(C)C)C1)=C2. The summed E-state index contributed by atoms with van der Waals surface area (Å²) in [7, 11) is -1.57. The number of para-hydroxylation sites is 1. The van der Waals surface area contributed by atoms with Gasteiger partial charge in [0, 0.05) is 31.2 Å². The minimum atomic E-state index is -3.21. The number of methoxy groups -OCH3 is 1. The lowest BCUT2D eigenvalue weighted by atomic mass is 9.92. The van der Waals surface area contributed by atoms with Gasteiger partial charge in [0.05, 0.1) is 13.4 Å². The van der Waals surface area contributed by atoms with Crippen molar-refractivity contribution in [2.45, 2.75) is 19.9 Å². The second kappa shape index (κ2) is 7.58. The van der Waals surface area contributed by atoms with E-state index >= 15 is 0 Å². The van der Waals surface area contributed by atoms with Crippen molar-refractivity contribution in [3.05, 3.63) is 29.3 Å². The van der Waals surface area contributed by atoms with Crippen LogP contribution in [0.4, 0.5) is 0 Å². The summed E-state index contributed by atoms with van der Waals surface area (Å²) in [4.78, 5) is 2.31. The molecule has 0 aromatic heterocycles. The number of hydrogen-bond donors (Lipinski definition) is 1.